The van der Waals surface area contributed by atoms with Crippen LogP contribution in [0, 0.1) is 6.92 Å². The topological polar surface area (TPSA) is 58.1 Å². The SMILES string of the molecule is CNc1ccc(C(=O)N(C)Cc2ccc(C)cc2)nn1. The molecule has 0 fully saturated rings. The van der Waals surface area contributed by atoms with Crippen LogP contribution in [0.2, 0.25) is 0 Å². The van der Waals surface area contributed by atoms with E-state index in [0.717, 1.165) is 5.56 Å². The molecule has 1 heterocycles. The molecule has 1 amide bonds. The summed E-state index contributed by atoms with van der Waals surface area (Å²) < 4.78 is 0. The summed E-state index contributed by atoms with van der Waals surface area (Å²) in [5, 5.41) is 10.7. The molecule has 1 N–H and O–H groups in total. The summed E-state index contributed by atoms with van der Waals surface area (Å²) in [6.45, 7) is 2.59. The maximum atomic E-state index is 12.2. The number of nitrogens with zero attached hydrogens (tertiary/aromatic N) is 3. The summed E-state index contributed by atoms with van der Waals surface area (Å²) in [6.07, 6.45) is 0. The molecule has 20 heavy (non-hydrogen) atoms. The molecule has 0 aliphatic carbocycles. The molecule has 0 spiro atoms. The largest absolute Gasteiger partial charge is 0.372 e. The third-order valence-electron chi connectivity index (χ3n) is 3.03. The molecular formula is C15H18N4O. The second-order valence-electron chi connectivity index (χ2n) is 4.70. The number of amides is 1. The van der Waals surface area contributed by atoms with Gasteiger partial charge < -0.3 is 10.2 Å². The minimum atomic E-state index is -0.138. The van der Waals surface area contributed by atoms with Crippen molar-refractivity contribution in [2.45, 2.75) is 13.5 Å². The van der Waals surface area contributed by atoms with Crippen LogP contribution in [0.15, 0.2) is 36.4 Å². The minimum absolute atomic E-state index is 0.138. The molecule has 5 nitrogen and oxygen atoms in total. The van der Waals surface area contributed by atoms with Crippen molar-refractivity contribution in [3.05, 3.63) is 53.2 Å². The summed E-state index contributed by atoms with van der Waals surface area (Å²) in [5.41, 5.74) is 2.64. The van der Waals surface area contributed by atoms with Crippen LogP contribution in [-0.2, 0) is 6.54 Å². The highest BCUT2D eigenvalue weighted by molar-refractivity contribution is 5.92. The van der Waals surface area contributed by atoms with Gasteiger partial charge in [-0.25, -0.2) is 0 Å². The smallest absolute Gasteiger partial charge is 0.274 e. The van der Waals surface area contributed by atoms with Crippen molar-refractivity contribution in [2.24, 2.45) is 0 Å². The van der Waals surface area contributed by atoms with Crippen LogP contribution in [0.5, 0.6) is 0 Å². The van der Waals surface area contributed by atoms with E-state index in [1.807, 2.05) is 31.2 Å². The van der Waals surface area contributed by atoms with E-state index in [1.54, 1.807) is 31.1 Å². The van der Waals surface area contributed by atoms with E-state index in [1.165, 1.54) is 5.56 Å². The summed E-state index contributed by atoms with van der Waals surface area (Å²) in [6, 6.07) is 11.5. The molecule has 0 unspecified atom stereocenters. The van der Waals surface area contributed by atoms with Crippen molar-refractivity contribution in [1.29, 1.82) is 0 Å². The number of aromatic nitrogens is 2. The van der Waals surface area contributed by atoms with Gasteiger partial charge in [-0.2, -0.15) is 0 Å². The van der Waals surface area contributed by atoms with Crippen molar-refractivity contribution in [3.8, 4) is 0 Å². The van der Waals surface area contributed by atoms with Gasteiger partial charge in [0.2, 0.25) is 0 Å². The molecule has 0 atom stereocenters. The molecule has 0 aliphatic heterocycles. The van der Waals surface area contributed by atoms with Gasteiger partial charge in [0.05, 0.1) is 0 Å². The first-order valence-corrected chi connectivity index (χ1v) is 6.42. The van der Waals surface area contributed by atoms with E-state index in [0.29, 0.717) is 18.1 Å². The highest BCUT2D eigenvalue weighted by Crippen LogP contribution is 2.09. The Morgan fingerprint density at radius 1 is 1.15 bits per heavy atom. The van der Waals surface area contributed by atoms with Gasteiger partial charge >= 0.3 is 0 Å². The van der Waals surface area contributed by atoms with Gasteiger partial charge in [0, 0.05) is 20.6 Å². The molecule has 1 aromatic heterocycles. The van der Waals surface area contributed by atoms with Crippen LogP contribution < -0.4 is 5.32 Å². The number of hydrogen-bond donors (Lipinski definition) is 1. The van der Waals surface area contributed by atoms with Gasteiger partial charge in [-0.15, -0.1) is 10.2 Å². The number of hydrogen-bond acceptors (Lipinski definition) is 4. The Balaban J connectivity index is 2.05. The zero-order valence-electron chi connectivity index (χ0n) is 11.9. The summed E-state index contributed by atoms with van der Waals surface area (Å²) in [5.74, 6) is 0.503. The molecule has 5 heteroatoms. The third kappa shape index (κ3) is 3.32. The van der Waals surface area contributed by atoms with E-state index in [4.69, 9.17) is 0 Å². The van der Waals surface area contributed by atoms with E-state index in [2.05, 4.69) is 15.5 Å². The van der Waals surface area contributed by atoms with E-state index in [-0.39, 0.29) is 5.91 Å². The quantitative estimate of drug-likeness (QED) is 0.924. The van der Waals surface area contributed by atoms with Crippen LogP contribution >= 0.6 is 0 Å². The highest BCUT2D eigenvalue weighted by Gasteiger charge is 2.14. The van der Waals surface area contributed by atoms with Crippen LogP contribution in [0.4, 0.5) is 5.82 Å². The first-order valence-electron chi connectivity index (χ1n) is 6.42. The lowest BCUT2D eigenvalue weighted by Crippen LogP contribution is -2.27. The van der Waals surface area contributed by atoms with Gasteiger partial charge in [-0.1, -0.05) is 29.8 Å². The fourth-order valence-corrected chi connectivity index (χ4v) is 1.81. The number of nitrogens with one attached hydrogen (secondary N) is 1. The first-order chi connectivity index (χ1) is 9.60. The van der Waals surface area contributed by atoms with Gasteiger partial charge in [-0.05, 0) is 24.6 Å². The average molecular weight is 270 g/mol. The Morgan fingerprint density at radius 3 is 2.40 bits per heavy atom. The van der Waals surface area contributed by atoms with Gasteiger partial charge in [0.15, 0.2) is 5.69 Å². The van der Waals surface area contributed by atoms with E-state index < -0.39 is 0 Å². The lowest BCUT2D eigenvalue weighted by molar-refractivity contribution is 0.0778. The van der Waals surface area contributed by atoms with Crippen molar-refractivity contribution in [2.75, 3.05) is 19.4 Å². The lowest BCUT2D eigenvalue weighted by atomic mass is 10.1. The van der Waals surface area contributed by atoms with E-state index >= 15 is 0 Å². The number of benzene rings is 1. The first kappa shape index (κ1) is 14.0. The third-order valence-corrected chi connectivity index (χ3v) is 3.03. The van der Waals surface area contributed by atoms with Crippen molar-refractivity contribution >= 4 is 11.7 Å². The Kier molecular flexibility index (Phi) is 4.30. The molecule has 2 aromatic rings. The lowest BCUT2D eigenvalue weighted by Gasteiger charge is -2.16. The minimum Gasteiger partial charge on any atom is -0.372 e. The molecule has 0 aliphatic rings. The zero-order chi connectivity index (χ0) is 14.5. The highest BCUT2D eigenvalue weighted by atomic mass is 16.2. The predicted octanol–water partition coefficient (Wildman–Crippen LogP) is 2.10. The van der Waals surface area contributed by atoms with Gasteiger partial charge in [0.25, 0.3) is 5.91 Å². The zero-order valence-corrected chi connectivity index (χ0v) is 11.9. The maximum Gasteiger partial charge on any atom is 0.274 e. The maximum absolute atomic E-state index is 12.2. The monoisotopic (exact) mass is 270 g/mol. The number of rotatable bonds is 4. The molecule has 104 valence electrons. The molecule has 0 saturated carbocycles. The Labute approximate surface area is 118 Å². The summed E-state index contributed by atoms with van der Waals surface area (Å²) >= 11 is 0. The standard InChI is InChI=1S/C15H18N4O/c1-11-4-6-12(7-5-11)10-19(3)15(20)13-8-9-14(16-2)18-17-13/h4-9H,10H2,1-3H3,(H,16,18). The predicted molar refractivity (Wildman–Crippen MR) is 78.6 cm³/mol. The fraction of sp³-hybridized carbons (Fsp3) is 0.267. The fourth-order valence-electron chi connectivity index (χ4n) is 1.81. The molecule has 0 bridgehead atoms. The van der Waals surface area contributed by atoms with Crippen molar-refractivity contribution < 1.29 is 4.79 Å². The Morgan fingerprint density at radius 2 is 1.85 bits per heavy atom. The number of aryl methyl sites for hydroxylation is 1. The molecule has 2 rings (SSSR count). The van der Waals surface area contributed by atoms with Gasteiger partial charge in [0.1, 0.15) is 5.82 Å². The van der Waals surface area contributed by atoms with Crippen LogP contribution in [-0.4, -0.2) is 35.1 Å². The van der Waals surface area contributed by atoms with E-state index in [9.17, 15) is 4.79 Å². The van der Waals surface area contributed by atoms with Crippen LogP contribution in [0.1, 0.15) is 21.6 Å². The molecular weight excluding hydrogens is 252 g/mol. The summed E-state index contributed by atoms with van der Waals surface area (Å²) in [4.78, 5) is 13.9. The normalized spacial score (nSPS) is 10.2. The van der Waals surface area contributed by atoms with Gasteiger partial charge in [-0.3, -0.25) is 4.79 Å². The molecule has 1 aromatic carbocycles. The second-order valence-corrected chi connectivity index (χ2v) is 4.70. The van der Waals surface area contributed by atoms with Crippen molar-refractivity contribution in [1.82, 2.24) is 15.1 Å². The molecule has 0 saturated heterocycles. The Bertz CT molecular complexity index is 578. The Hall–Kier alpha value is -2.43. The van der Waals surface area contributed by atoms with Crippen molar-refractivity contribution in [3.63, 3.8) is 0 Å². The number of carbonyl (C=O) groups excluding carboxylic acids is 1. The summed E-state index contributed by atoms with van der Waals surface area (Å²) in [7, 11) is 3.52. The number of carbonyl (C=O) groups is 1. The van der Waals surface area contributed by atoms with Crippen LogP contribution in [0.25, 0.3) is 0 Å². The second kappa shape index (κ2) is 6.14. The number of anilines is 1. The van der Waals surface area contributed by atoms with Crippen LogP contribution in [0.3, 0.4) is 0 Å². The average Bonchev–Trinajstić information content (AvgIpc) is 2.49. The molecule has 0 radical (unpaired) electrons.